The first-order valence-corrected chi connectivity index (χ1v) is 8.68. The summed E-state index contributed by atoms with van der Waals surface area (Å²) < 4.78 is 0. The van der Waals surface area contributed by atoms with E-state index in [2.05, 4.69) is 47.9 Å². The number of hydrogen-bond donors (Lipinski definition) is 2. The van der Waals surface area contributed by atoms with Crippen LogP contribution in [-0.4, -0.2) is 19.0 Å². The van der Waals surface area contributed by atoms with Crippen molar-refractivity contribution in [2.45, 2.75) is 32.7 Å². The summed E-state index contributed by atoms with van der Waals surface area (Å²) in [7, 11) is 0. The summed E-state index contributed by atoms with van der Waals surface area (Å²) in [6.45, 7) is 5.01. The summed E-state index contributed by atoms with van der Waals surface area (Å²) in [6.07, 6.45) is 3.02. The van der Waals surface area contributed by atoms with Gasteiger partial charge in [-0.05, 0) is 54.1 Å². The van der Waals surface area contributed by atoms with Crippen molar-refractivity contribution < 1.29 is 4.79 Å². The van der Waals surface area contributed by atoms with Gasteiger partial charge in [0.1, 0.15) is 0 Å². The predicted molar refractivity (Wildman–Crippen MR) is 102 cm³/mol. The van der Waals surface area contributed by atoms with Crippen LogP contribution in [0.1, 0.15) is 31.7 Å². The zero-order chi connectivity index (χ0) is 16.1. The molecule has 0 saturated carbocycles. The van der Waals surface area contributed by atoms with Gasteiger partial charge in [-0.3, -0.25) is 4.79 Å². The highest BCUT2D eigenvalue weighted by Gasteiger charge is 2.21. The minimum Gasteiger partial charge on any atom is -0.352 e. The van der Waals surface area contributed by atoms with Gasteiger partial charge in [0.15, 0.2) is 0 Å². The van der Waals surface area contributed by atoms with Crippen molar-refractivity contribution in [2.75, 3.05) is 13.1 Å². The second kappa shape index (κ2) is 9.05. The number of carbonyl (C=O) groups is 1. The average Bonchev–Trinajstić information content (AvgIpc) is 2.60. The number of carbonyl (C=O) groups excluding carboxylic acids is 1. The molecule has 0 bridgehead atoms. The third-order valence-electron chi connectivity index (χ3n) is 5.05. The predicted octanol–water partition coefficient (Wildman–Crippen LogP) is 3.90. The van der Waals surface area contributed by atoms with E-state index in [0.717, 1.165) is 13.1 Å². The van der Waals surface area contributed by atoms with Crippen LogP contribution in [0.4, 0.5) is 0 Å². The van der Waals surface area contributed by atoms with Crippen LogP contribution in [0.3, 0.4) is 0 Å². The second-order valence-corrected chi connectivity index (χ2v) is 6.68. The van der Waals surface area contributed by atoms with Crippen LogP contribution in [0.5, 0.6) is 0 Å². The maximum atomic E-state index is 12.3. The zero-order valence-corrected chi connectivity index (χ0v) is 15.1. The Morgan fingerprint density at radius 3 is 2.67 bits per heavy atom. The standard InChI is InChI=1S/C20H26N2O.ClH/c1-15(16-9-11-21-12-10-16)13-20(23)22-14-18-7-4-6-17-5-2-3-8-19(17)18;/h2-8,15-16,21H,9-14H2,1H3,(H,22,23);1H. The maximum absolute atomic E-state index is 12.3. The fourth-order valence-corrected chi connectivity index (χ4v) is 3.59. The Bertz CT molecular complexity index is 662. The molecular formula is C20H27ClN2O. The molecule has 1 atom stereocenters. The summed E-state index contributed by atoms with van der Waals surface area (Å²) in [6, 6.07) is 14.6. The highest BCUT2D eigenvalue weighted by Crippen LogP contribution is 2.24. The van der Waals surface area contributed by atoms with E-state index in [0.29, 0.717) is 24.8 Å². The number of benzene rings is 2. The quantitative estimate of drug-likeness (QED) is 0.862. The van der Waals surface area contributed by atoms with Gasteiger partial charge in [0.25, 0.3) is 0 Å². The third-order valence-corrected chi connectivity index (χ3v) is 5.05. The molecule has 0 spiro atoms. The zero-order valence-electron chi connectivity index (χ0n) is 14.3. The summed E-state index contributed by atoms with van der Waals surface area (Å²) in [5, 5.41) is 8.94. The molecule has 1 unspecified atom stereocenters. The molecule has 2 aromatic rings. The molecule has 2 N–H and O–H groups in total. The minimum absolute atomic E-state index is 0. The highest BCUT2D eigenvalue weighted by atomic mass is 35.5. The molecule has 3 nitrogen and oxygen atoms in total. The van der Waals surface area contributed by atoms with Crippen molar-refractivity contribution in [3.63, 3.8) is 0 Å². The number of fused-ring (bicyclic) bond motifs is 1. The van der Waals surface area contributed by atoms with Crippen molar-refractivity contribution in [2.24, 2.45) is 11.8 Å². The maximum Gasteiger partial charge on any atom is 0.220 e. The van der Waals surface area contributed by atoms with E-state index in [9.17, 15) is 4.79 Å². The first-order valence-electron chi connectivity index (χ1n) is 8.68. The SMILES string of the molecule is CC(CC(=O)NCc1cccc2ccccc12)C1CCNCC1.Cl. The Morgan fingerprint density at radius 1 is 1.17 bits per heavy atom. The molecule has 3 rings (SSSR count). The number of hydrogen-bond acceptors (Lipinski definition) is 2. The lowest BCUT2D eigenvalue weighted by atomic mass is 9.84. The minimum atomic E-state index is 0. The highest BCUT2D eigenvalue weighted by molar-refractivity contribution is 5.86. The molecule has 130 valence electrons. The summed E-state index contributed by atoms with van der Waals surface area (Å²) >= 11 is 0. The fraction of sp³-hybridized carbons (Fsp3) is 0.450. The van der Waals surface area contributed by atoms with E-state index in [4.69, 9.17) is 0 Å². The summed E-state index contributed by atoms with van der Waals surface area (Å²) in [4.78, 5) is 12.3. The molecule has 1 heterocycles. The largest absolute Gasteiger partial charge is 0.352 e. The molecular weight excluding hydrogens is 320 g/mol. The number of piperidine rings is 1. The molecule has 0 aliphatic carbocycles. The Hall–Kier alpha value is -1.58. The molecule has 2 aromatic carbocycles. The van der Waals surface area contributed by atoms with E-state index in [1.165, 1.54) is 29.2 Å². The molecule has 1 saturated heterocycles. The van der Waals surface area contributed by atoms with Crippen molar-refractivity contribution in [1.29, 1.82) is 0 Å². The first-order chi connectivity index (χ1) is 11.2. The monoisotopic (exact) mass is 346 g/mol. The lowest BCUT2D eigenvalue weighted by Crippen LogP contribution is -2.33. The van der Waals surface area contributed by atoms with Crippen LogP contribution < -0.4 is 10.6 Å². The molecule has 0 radical (unpaired) electrons. The smallest absolute Gasteiger partial charge is 0.220 e. The van der Waals surface area contributed by atoms with Gasteiger partial charge in [-0.2, -0.15) is 0 Å². The summed E-state index contributed by atoms with van der Waals surface area (Å²) in [5.74, 6) is 1.31. The van der Waals surface area contributed by atoms with E-state index < -0.39 is 0 Å². The van der Waals surface area contributed by atoms with Gasteiger partial charge in [0.2, 0.25) is 5.91 Å². The number of nitrogens with one attached hydrogen (secondary N) is 2. The number of halogens is 1. The van der Waals surface area contributed by atoms with Crippen LogP contribution in [0.2, 0.25) is 0 Å². The van der Waals surface area contributed by atoms with Gasteiger partial charge in [0.05, 0.1) is 0 Å². The average molecular weight is 347 g/mol. The Morgan fingerprint density at radius 2 is 1.88 bits per heavy atom. The molecule has 1 fully saturated rings. The van der Waals surface area contributed by atoms with Crippen molar-refractivity contribution in [3.8, 4) is 0 Å². The van der Waals surface area contributed by atoms with Gasteiger partial charge in [-0.15, -0.1) is 12.4 Å². The molecule has 4 heteroatoms. The summed E-state index contributed by atoms with van der Waals surface area (Å²) in [5.41, 5.74) is 1.19. The van der Waals surface area contributed by atoms with E-state index >= 15 is 0 Å². The molecule has 1 aliphatic rings. The van der Waals surface area contributed by atoms with E-state index in [1.54, 1.807) is 0 Å². The van der Waals surface area contributed by atoms with E-state index in [-0.39, 0.29) is 18.3 Å². The lowest BCUT2D eigenvalue weighted by molar-refractivity contribution is -0.122. The van der Waals surface area contributed by atoms with Crippen LogP contribution in [0.15, 0.2) is 42.5 Å². The molecule has 1 aliphatic heterocycles. The van der Waals surface area contributed by atoms with Gasteiger partial charge in [-0.1, -0.05) is 49.4 Å². The molecule has 24 heavy (non-hydrogen) atoms. The second-order valence-electron chi connectivity index (χ2n) is 6.68. The number of amides is 1. The van der Waals surface area contributed by atoms with Gasteiger partial charge in [-0.25, -0.2) is 0 Å². The Balaban J connectivity index is 0.00000208. The van der Waals surface area contributed by atoms with Crippen LogP contribution >= 0.6 is 12.4 Å². The van der Waals surface area contributed by atoms with Gasteiger partial charge >= 0.3 is 0 Å². The first kappa shape index (κ1) is 18.8. The van der Waals surface area contributed by atoms with Crippen molar-refractivity contribution >= 4 is 29.1 Å². The van der Waals surface area contributed by atoms with Crippen molar-refractivity contribution in [1.82, 2.24) is 10.6 Å². The van der Waals surface area contributed by atoms with E-state index in [1.807, 2.05) is 12.1 Å². The molecule has 1 amide bonds. The van der Waals surface area contributed by atoms with Crippen molar-refractivity contribution in [3.05, 3.63) is 48.0 Å². The topological polar surface area (TPSA) is 41.1 Å². The molecule has 0 aromatic heterocycles. The Labute approximate surface area is 150 Å². The van der Waals surface area contributed by atoms with Crippen LogP contribution in [-0.2, 0) is 11.3 Å². The normalized spacial score (nSPS) is 16.4. The third kappa shape index (κ3) is 4.71. The van der Waals surface area contributed by atoms with Gasteiger partial charge < -0.3 is 10.6 Å². The van der Waals surface area contributed by atoms with Crippen LogP contribution in [0, 0.1) is 11.8 Å². The number of rotatable bonds is 5. The Kier molecular flexibility index (Phi) is 7.07. The van der Waals surface area contributed by atoms with Gasteiger partial charge in [0, 0.05) is 13.0 Å². The lowest BCUT2D eigenvalue weighted by Gasteiger charge is -2.27. The van der Waals surface area contributed by atoms with Crippen LogP contribution in [0.25, 0.3) is 10.8 Å². The fourth-order valence-electron chi connectivity index (χ4n) is 3.59.